The molecule has 5 rings (SSSR count). The molecule has 150 valence electrons. The Kier molecular flexibility index (Phi) is 4.38. The van der Waals surface area contributed by atoms with Gasteiger partial charge in [-0.1, -0.05) is 18.2 Å². The van der Waals surface area contributed by atoms with Crippen LogP contribution in [-0.2, 0) is 17.8 Å². The molecule has 3 heterocycles. The number of para-hydroxylation sites is 1. The summed E-state index contributed by atoms with van der Waals surface area (Å²) in [5.41, 5.74) is 2.42. The van der Waals surface area contributed by atoms with Gasteiger partial charge in [-0.2, -0.15) is 0 Å². The molecule has 1 aliphatic carbocycles. The summed E-state index contributed by atoms with van der Waals surface area (Å²) >= 11 is 0. The third kappa shape index (κ3) is 3.20. The fourth-order valence-electron chi connectivity index (χ4n) is 4.31. The Bertz CT molecular complexity index is 1080. The van der Waals surface area contributed by atoms with E-state index >= 15 is 0 Å². The summed E-state index contributed by atoms with van der Waals surface area (Å²) in [5, 5.41) is 4.00. The average molecular weight is 391 g/mol. The van der Waals surface area contributed by atoms with Gasteiger partial charge in [0.2, 0.25) is 5.91 Å². The van der Waals surface area contributed by atoms with Crippen LogP contribution in [0.3, 0.4) is 0 Å². The maximum absolute atomic E-state index is 13.2. The number of carbonyl (C=O) groups excluding carboxylic acids is 2. The molecule has 1 atom stereocenters. The highest BCUT2D eigenvalue weighted by molar-refractivity contribution is 6.06. The van der Waals surface area contributed by atoms with Gasteiger partial charge in [0.05, 0.1) is 23.7 Å². The van der Waals surface area contributed by atoms with Crippen molar-refractivity contribution in [3.63, 3.8) is 0 Å². The average Bonchev–Trinajstić information content (AvgIpc) is 3.29. The first-order valence-electron chi connectivity index (χ1n) is 10.3. The first-order valence-corrected chi connectivity index (χ1v) is 10.3. The van der Waals surface area contributed by atoms with Gasteiger partial charge in [-0.3, -0.25) is 9.59 Å². The summed E-state index contributed by atoms with van der Waals surface area (Å²) in [6, 6.07) is 8.03. The lowest BCUT2D eigenvalue weighted by Gasteiger charge is -2.33. The molecular weight excluding hydrogens is 366 g/mol. The molecule has 0 spiro atoms. The van der Waals surface area contributed by atoms with Crippen LogP contribution in [0.5, 0.6) is 0 Å². The number of aromatic nitrogens is 3. The Labute approximate surface area is 169 Å². The number of aromatic amines is 1. The minimum absolute atomic E-state index is 0.00785. The Morgan fingerprint density at radius 1 is 1.24 bits per heavy atom. The maximum Gasteiger partial charge on any atom is 0.256 e. The van der Waals surface area contributed by atoms with Gasteiger partial charge in [0.1, 0.15) is 5.82 Å². The van der Waals surface area contributed by atoms with E-state index in [0.29, 0.717) is 31.1 Å². The molecule has 0 bridgehead atoms. The van der Waals surface area contributed by atoms with Crippen LogP contribution in [0.1, 0.15) is 54.1 Å². The zero-order valence-electron chi connectivity index (χ0n) is 16.5. The molecule has 3 aromatic rings. The van der Waals surface area contributed by atoms with Crippen molar-refractivity contribution < 1.29 is 9.59 Å². The van der Waals surface area contributed by atoms with Crippen LogP contribution in [0, 0.1) is 0 Å². The molecule has 7 nitrogen and oxygen atoms in total. The van der Waals surface area contributed by atoms with E-state index in [2.05, 4.69) is 14.9 Å². The van der Waals surface area contributed by atoms with Gasteiger partial charge in [0.25, 0.3) is 5.91 Å². The normalized spacial score (nSPS) is 19.1. The van der Waals surface area contributed by atoms with E-state index in [0.717, 1.165) is 35.3 Å². The smallest absolute Gasteiger partial charge is 0.256 e. The van der Waals surface area contributed by atoms with Crippen molar-refractivity contribution in [1.29, 1.82) is 0 Å². The fourth-order valence-corrected chi connectivity index (χ4v) is 4.31. The number of amides is 2. The number of hydrogen-bond donors (Lipinski definition) is 2. The molecule has 0 unspecified atom stereocenters. The van der Waals surface area contributed by atoms with Gasteiger partial charge in [0.15, 0.2) is 0 Å². The highest BCUT2D eigenvalue weighted by Gasteiger charge is 2.31. The van der Waals surface area contributed by atoms with Crippen LogP contribution in [0.4, 0.5) is 0 Å². The zero-order chi connectivity index (χ0) is 20.0. The van der Waals surface area contributed by atoms with Gasteiger partial charge >= 0.3 is 0 Å². The number of rotatable bonds is 4. The number of benzene rings is 1. The van der Waals surface area contributed by atoms with Crippen molar-refractivity contribution in [1.82, 2.24) is 24.8 Å². The second-order valence-corrected chi connectivity index (χ2v) is 8.08. The second-order valence-electron chi connectivity index (χ2n) is 8.08. The van der Waals surface area contributed by atoms with E-state index in [9.17, 15) is 9.59 Å². The minimum Gasteiger partial charge on any atom is -0.360 e. The van der Waals surface area contributed by atoms with Crippen LogP contribution in [0.2, 0.25) is 0 Å². The van der Waals surface area contributed by atoms with Crippen LogP contribution in [0.15, 0.2) is 36.7 Å². The molecule has 7 heteroatoms. The number of imidazole rings is 1. The standard InChI is InChI=1S/C22H25N5O2/c1-14-21-25-16(11-20(28)24-15-5-4-6-15)13-26(21)9-10-27(14)22(29)18-12-23-19-8-3-2-7-17(18)19/h2-3,7-8,12-15,23H,4-6,9-11H2,1H3,(H,24,28)/t14-/m0/s1. The van der Waals surface area contributed by atoms with Gasteiger partial charge in [-0.15, -0.1) is 0 Å². The third-order valence-electron chi connectivity index (χ3n) is 6.17. The van der Waals surface area contributed by atoms with Crippen LogP contribution >= 0.6 is 0 Å². The molecule has 29 heavy (non-hydrogen) atoms. The topological polar surface area (TPSA) is 83.0 Å². The number of nitrogens with zero attached hydrogens (tertiary/aromatic N) is 3. The highest BCUT2D eigenvalue weighted by Crippen LogP contribution is 2.28. The van der Waals surface area contributed by atoms with Crippen LogP contribution in [-0.4, -0.2) is 43.8 Å². The van der Waals surface area contributed by atoms with Crippen molar-refractivity contribution in [2.75, 3.05) is 6.54 Å². The van der Waals surface area contributed by atoms with Gasteiger partial charge in [-0.25, -0.2) is 4.98 Å². The molecule has 1 saturated carbocycles. The molecule has 2 N–H and O–H groups in total. The van der Waals surface area contributed by atoms with Gasteiger partial charge < -0.3 is 19.8 Å². The van der Waals surface area contributed by atoms with Gasteiger partial charge in [-0.05, 0) is 32.3 Å². The largest absolute Gasteiger partial charge is 0.360 e. The summed E-state index contributed by atoms with van der Waals surface area (Å²) in [6.07, 6.45) is 7.39. The van der Waals surface area contributed by atoms with Crippen LogP contribution < -0.4 is 5.32 Å². The molecule has 2 amide bonds. The number of fused-ring (bicyclic) bond motifs is 2. The van der Waals surface area contributed by atoms with E-state index < -0.39 is 0 Å². The molecule has 1 aliphatic heterocycles. The SMILES string of the molecule is C[C@H]1c2nc(CC(=O)NC3CCC3)cn2CCN1C(=O)c1c[nH]c2ccccc12. The van der Waals surface area contributed by atoms with Crippen molar-refractivity contribution in [3.05, 3.63) is 53.7 Å². The second kappa shape index (κ2) is 7.06. The lowest BCUT2D eigenvalue weighted by atomic mass is 9.93. The van der Waals surface area contributed by atoms with Crippen molar-refractivity contribution in [2.45, 2.75) is 51.2 Å². The first kappa shape index (κ1) is 18.0. The molecule has 1 fully saturated rings. The lowest BCUT2D eigenvalue weighted by Crippen LogP contribution is -2.41. The van der Waals surface area contributed by atoms with Gasteiger partial charge in [0, 0.05) is 42.4 Å². The maximum atomic E-state index is 13.2. The number of nitrogens with one attached hydrogen (secondary N) is 2. The monoisotopic (exact) mass is 391 g/mol. The first-order chi connectivity index (χ1) is 14.1. The third-order valence-corrected chi connectivity index (χ3v) is 6.17. The Balaban J connectivity index is 1.33. The van der Waals surface area contributed by atoms with Crippen molar-refractivity contribution >= 4 is 22.7 Å². The lowest BCUT2D eigenvalue weighted by molar-refractivity contribution is -0.121. The summed E-state index contributed by atoms with van der Waals surface area (Å²) in [4.78, 5) is 35.2. The van der Waals surface area contributed by atoms with Crippen molar-refractivity contribution in [3.8, 4) is 0 Å². The summed E-state index contributed by atoms with van der Waals surface area (Å²) in [6.45, 7) is 3.31. The molecule has 2 aromatic heterocycles. The van der Waals surface area contributed by atoms with Crippen molar-refractivity contribution in [2.24, 2.45) is 0 Å². The van der Waals surface area contributed by atoms with Crippen LogP contribution in [0.25, 0.3) is 10.9 Å². The molecule has 0 saturated heterocycles. The quantitative estimate of drug-likeness (QED) is 0.717. The number of hydrogen-bond acceptors (Lipinski definition) is 3. The van der Waals surface area contributed by atoms with E-state index in [-0.39, 0.29) is 17.9 Å². The zero-order valence-corrected chi connectivity index (χ0v) is 16.5. The minimum atomic E-state index is -0.145. The van der Waals surface area contributed by atoms with E-state index in [1.807, 2.05) is 42.3 Å². The number of carbonyl (C=O) groups is 2. The highest BCUT2D eigenvalue weighted by atomic mass is 16.2. The Morgan fingerprint density at radius 2 is 2.07 bits per heavy atom. The summed E-state index contributed by atoms with van der Waals surface area (Å²) < 4.78 is 2.08. The fraction of sp³-hybridized carbons (Fsp3) is 0.409. The van der Waals surface area contributed by atoms with E-state index in [1.54, 1.807) is 6.20 Å². The number of H-pyrrole nitrogens is 1. The Morgan fingerprint density at radius 3 is 2.86 bits per heavy atom. The molecular formula is C22H25N5O2. The molecule has 1 aromatic carbocycles. The van der Waals surface area contributed by atoms with E-state index in [4.69, 9.17) is 4.98 Å². The summed E-state index contributed by atoms with van der Waals surface area (Å²) in [5.74, 6) is 0.883. The Hall–Kier alpha value is -3.09. The molecule has 2 aliphatic rings. The summed E-state index contributed by atoms with van der Waals surface area (Å²) in [7, 11) is 0. The van der Waals surface area contributed by atoms with E-state index in [1.165, 1.54) is 6.42 Å². The predicted octanol–water partition coefficient (Wildman–Crippen LogP) is 2.79. The molecule has 0 radical (unpaired) electrons. The predicted molar refractivity (Wildman–Crippen MR) is 109 cm³/mol.